The summed E-state index contributed by atoms with van der Waals surface area (Å²) in [5, 5.41) is 10.3. The van der Waals surface area contributed by atoms with Crippen LogP contribution in [0.1, 0.15) is 29.3 Å². The van der Waals surface area contributed by atoms with Crippen molar-refractivity contribution in [3.8, 4) is 12.1 Å². The number of aryl methyl sites for hydroxylation is 1. The van der Waals surface area contributed by atoms with Crippen LogP contribution in [0.3, 0.4) is 0 Å². The number of aromatic nitrogens is 3. The number of nitrogens with zero attached hydrogens (tertiary/aromatic N) is 6. The van der Waals surface area contributed by atoms with Crippen molar-refractivity contribution in [2.45, 2.75) is 31.2 Å². The average molecular weight is 503 g/mol. The van der Waals surface area contributed by atoms with Crippen LogP contribution in [0, 0.1) is 11.3 Å². The van der Waals surface area contributed by atoms with Gasteiger partial charge < -0.3 is 37.5 Å². The molecular formula is C21H27ClN10OS. The number of likely N-dealkylation sites (N-methyl/N-ethyl adjacent to an activating group) is 1. The van der Waals surface area contributed by atoms with Gasteiger partial charge in [0, 0.05) is 36.0 Å². The van der Waals surface area contributed by atoms with Crippen molar-refractivity contribution >= 4 is 39.8 Å². The Morgan fingerprint density at radius 1 is 1.32 bits per heavy atom. The molecule has 0 aromatic carbocycles. The summed E-state index contributed by atoms with van der Waals surface area (Å²) in [6.07, 6.45) is 3.41. The number of nitriles is 1. The Bertz CT molecular complexity index is 1220. The van der Waals surface area contributed by atoms with Gasteiger partial charge in [0.25, 0.3) is 0 Å². The number of anilines is 3. The quantitative estimate of drug-likeness (QED) is 0.327. The van der Waals surface area contributed by atoms with Gasteiger partial charge in [0.15, 0.2) is 0 Å². The highest BCUT2D eigenvalue weighted by atomic mass is 35.5. The van der Waals surface area contributed by atoms with Crippen LogP contribution in [0.4, 0.5) is 16.9 Å². The van der Waals surface area contributed by atoms with Crippen LogP contribution in [-0.4, -0.2) is 48.2 Å². The smallest absolute Gasteiger partial charge is 0.322 e. The second kappa shape index (κ2) is 8.73. The maximum absolute atomic E-state index is 9.63. The van der Waals surface area contributed by atoms with Crippen molar-refractivity contribution in [1.29, 1.82) is 5.26 Å². The number of hydrogen-bond donors (Lipinski definition) is 4. The van der Waals surface area contributed by atoms with E-state index in [2.05, 4.69) is 25.9 Å². The van der Waals surface area contributed by atoms with Crippen LogP contribution in [0.2, 0.25) is 0 Å². The van der Waals surface area contributed by atoms with E-state index in [1.807, 2.05) is 6.92 Å². The first kappa shape index (κ1) is 23.7. The summed E-state index contributed by atoms with van der Waals surface area (Å²) in [6, 6.07) is 2.14. The number of nitrogens with two attached hydrogens (primary N) is 4. The second-order valence-corrected chi connectivity index (χ2v) is 10.1. The van der Waals surface area contributed by atoms with Gasteiger partial charge in [-0.05, 0) is 31.4 Å². The largest absolute Gasteiger partial charge is 0.467 e. The molecule has 34 heavy (non-hydrogen) atoms. The third kappa shape index (κ3) is 3.91. The van der Waals surface area contributed by atoms with Gasteiger partial charge in [0.05, 0.1) is 29.7 Å². The number of ether oxygens (including phenoxy) is 1. The van der Waals surface area contributed by atoms with E-state index in [1.165, 1.54) is 29.4 Å². The van der Waals surface area contributed by atoms with Crippen molar-refractivity contribution < 1.29 is 4.74 Å². The molecule has 0 amide bonds. The number of rotatable bonds is 6. The number of thiophene rings is 1. The molecule has 2 aromatic heterocycles. The van der Waals surface area contributed by atoms with Crippen molar-refractivity contribution in [2.24, 2.45) is 17.2 Å². The van der Waals surface area contributed by atoms with Crippen molar-refractivity contribution in [1.82, 2.24) is 15.0 Å². The summed E-state index contributed by atoms with van der Waals surface area (Å²) < 4.78 is 5.34. The lowest BCUT2D eigenvalue weighted by molar-refractivity contribution is 0.320. The minimum atomic E-state index is -0.339. The highest BCUT2D eigenvalue weighted by Crippen LogP contribution is 2.52. The lowest BCUT2D eigenvalue weighted by Crippen LogP contribution is -2.59. The fraction of sp³-hybridized carbons (Fsp3) is 0.429. The fourth-order valence-electron chi connectivity index (χ4n) is 4.67. The van der Waals surface area contributed by atoms with E-state index in [0.29, 0.717) is 41.1 Å². The molecule has 1 unspecified atom stereocenters. The molecule has 1 fully saturated rings. The van der Waals surface area contributed by atoms with E-state index >= 15 is 0 Å². The summed E-state index contributed by atoms with van der Waals surface area (Å²) >= 11 is 7.37. The topological polar surface area (TPSA) is 182 Å². The van der Waals surface area contributed by atoms with E-state index in [4.69, 9.17) is 39.3 Å². The predicted octanol–water partition coefficient (Wildman–Crippen LogP) is 1.09. The number of hydrogen-bond acceptors (Lipinski definition) is 12. The van der Waals surface area contributed by atoms with E-state index in [1.54, 1.807) is 11.9 Å². The molecule has 0 saturated carbocycles. The van der Waals surface area contributed by atoms with Crippen molar-refractivity contribution in [3.05, 3.63) is 38.6 Å². The third-order valence-electron chi connectivity index (χ3n) is 6.50. The molecule has 2 aliphatic rings. The van der Waals surface area contributed by atoms with Crippen LogP contribution in [-0.2, 0) is 11.8 Å². The SMILES string of the molecule is COc1nc(N2CC3(CCc4sc(N)c(C#N)c43)C2)nc(N(C)C(C)C(/C=C(\N)Cl)=C(N)N)n1. The zero-order chi connectivity index (χ0) is 24.8. The zero-order valence-corrected chi connectivity index (χ0v) is 20.7. The predicted molar refractivity (Wildman–Crippen MR) is 133 cm³/mol. The van der Waals surface area contributed by atoms with Crippen molar-refractivity contribution in [3.63, 3.8) is 0 Å². The standard InChI is InChI=1S/C21H27ClN10OS/c1-10(11(16(25)26)6-14(22)24)31(2)18-28-19(30-20(29-18)33-3)32-8-21(9-32)5-4-13-15(21)12(7-23)17(27)34-13/h6,10H,4-5,8-9,24-27H2,1-3H3/b14-6-. The Balaban J connectivity index is 1.62. The van der Waals surface area contributed by atoms with Crippen LogP contribution < -0.4 is 37.5 Å². The zero-order valence-electron chi connectivity index (χ0n) is 19.2. The highest BCUT2D eigenvalue weighted by Gasteiger charge is 2.52. The monoisotopic (exact) mass is 502 g/mol. The Morgan fingerprint density at radius 3 is 2.62 bits per heavy atom. The highest BCUT2D eigenvalue weighted by molar-refractivity contribution is 7.16. The van der Waals surface area contributed by atoms with Gasteiger partial charge in [-0.1, -0.05) is 11.6 Å². The summed E-state index contributed by atoms with van der Waals surface area (Å²) in [5.41, 5.74) is 25.6. The Morgan fingerprint density at radius 2 is 2.03 bits per heavy atom. The van der Waals surface area contributed by atoms with Gasteiger partial charge in [0.2, 0.25) is 11.9 Å². The first-order chi connectivity index (χ1) is 16.1. The van der Waals surface area contributed by atoms with E-state index in [-0.39, 0.29) is 28.4 Å². The van der Waals surface area contributed by atoms with Crippen LogP contribution in [0.15, 0.2) is 22.6 Å². The van der Waals surface area contributed by atoms with Crippen LogP contribution in [0.25, 0.3) is 0 Å². The lowest BCUT2D eigenvalue weighted by Gasteiger charge is -2.48. The van der Waals surface area contributed by atoms with E-state index < -0.39 is 0 Å². The molecule has 1 spiro atoms. The minimum Gasteiger partial charge on any atom is -0.467 e. The van der Waals surface area contributed by atoms with Gasteiger partial charge in [-0.3, -0.25) is 0 Å². The van der Waals surface area contributed by atoms with Gasteiger partial charge in [-0.15, -0.1) is 11.3 Å². The van der Waals surface area contributed by atoms with Crippen LogP contribution in [0.5, 0.6) is 6.01 Å². The maximum atomic E-state index is 9.63. The van der Waals surface area contributed by atoms with Gasteiger partial charge in [-0.2, -0.15) is 20.2 Å². The second-order valence-electron chi connectivity index (χ2n) is 8.54. The molecule has 13 heteroatoms. The summed E-state index contributed by atoms with van der Waals surface area (Å²) in [4.78, 5) is 18.6. The molecule has 4 rings (SSSR count). The Kier molecular flexibility index (Phi) is 6.09. The molecule has 3 heterocycles. The third-order valence-corrected chi connectivity index (χ3v) is 7.69. The molecule has 180 valence electrons. The summed E-state index contributed by atoms with van der Waals surface area (Å²) in [7, 11) is 3.30. The molecule has 11 nitrogen and oxygen atoms in total. The first-order valence-electron chi connectivity index (χ1n) is 10.6. The summed E-state index contributed by atoms with van der Waals surface area (Å²) in [5.74, 6) is 0.953. The molecule has 1 atom stereocenters. The molecule has 1 aliphatic carbocycles. The number of halogens is 1. The molecular weight excluding hydrogens is 476 g/mol. The molecule has 0 bridgehead atoms. The maximum Gasteiger partial charge on any atom is 0.322 e. The molecule has 0 radical (unpaired) electrons. The molecule has 8 N–H and O–H groups in total. The van der Waals surface area contributed by atoms with Crippen LogP contribution >= 0.6 is 22.9 Å². The number of methoxy groups -OCH3 is 1. The van der Waals surface area contributed by atoms with E-state index in [0.717, 1.165) is 18.4 Å². The number of fused-ring (bicyclic) bond motifs is 2. The fourth-order valence-corrected chi connectivity index (χ4v) is 5.92. The minimum absolute atomic E-state index is 0.0604. The molecule has 1 aliphatic heterocycles. The summed E-state index contributed by atoms with van der Waals surface area (Å²) in [6.45, 7) is 3.25. The van der Waals surface area contributed by atoms with Crippen molar-refractivity contribution in [2.75, 3.05) is 42.8 Å². The van der Waals surface area contributed by atoms with Gasteiger partial charge in [0.1, 0.15) is 11.1 Å². The normalized spacial score (nSPS) is 17.0. The first-order valence-corrected chi connectivity index (χ1v) is 11.8. The number of nitrogen functional groups attached to an aromatic ring is 1. The average Bonchev–Trinajstić information content (AvgIpc) is 3.30. The molecule has 2 aromatic rings. The van der Waals surface area contributed by atoms with Gasteiger partial charge >= 0.3 is 6.01 Å². The molecule has 1 saturated heterocycles. The lowest BCUT2D eigenvalue weighted by atomic mass is 9.74. The Labute approximate surface area is 206 Å². The Hall–Kier alpha value is -3.43. The van der Waals surface area contributed by atoms with Gasteiger partial charge in [-0.25, -0.2) is 0 Å². The van der Waals surface area contributed by atoms with E-state index in [9.17, 15) is 5.26 Å².